The summed E-state index contributed by atoms with van der Waals surface area (Å²) in [5.74, 6) is 0.542. The van der Waals surface area contributed by atoms with E-state index >= 15 is 0 Å². The molecule has 108 valence electrons. The van der Waals surface area contributed by atoms with E-state index in [0.29, 0.717) is 12.2 Å². The van der Waals surface area contributed by atoms with Crippen LogP contribution in [0.25, 0.3) is 0 Å². The van der Waals surface area contributed by atoms with E-state index in [1.165, 1.54) is 5.56 Å². The van der Waals surface area contributed by atoms with E-state index in [9.17, 15) is 8.42 Å². The Morgan fingerprint density at radius 3 is 3.00 bits per heavy atom. The molecule has 1 aromatic rings. The fourth-order valence-corrected chi connectivity index (χ4v) is 4.11. The van der Waals surface area contributed by atoms with Crippen molar-refractivity contribution in [2.24, 2.45) is 0 Å². The lowest BCUT2D eigenvalue weighted by Gasteiger charge is -2.07. The second-order valence-electron chi connectivity index (χ2n) is 5.24. The molecule has 0 aliphatic carbocycles. The highest BCUT2D eigenvalue weighted by atomic mass is 32.2. The van der Waals surface area contributed by atoms with Crippen molar-refractivity contribution in [2.45, 2.75) is 38.6 Å². The Morgan fingerprint density at radius 1 is 1.47 bits per heavy atom. The van der Waals surface area contributed by atoms with Gasteiger partial charge in [0.05, 0.1) is 23.7 Å². The summed E-state index contributed by atoms with van der Waals surface area (Å²) in [5, 5.41) is 7.68. The van der Waals surface area contributed by atoms with Crippen LogP contribution in [0.15, 0.2) is 12.4 Å². The summed E-state index contributed by atoms with van der Waals surface area (Å²) in [6, 6.07) is 0.0389. The summed E-state index contributed by atoms with van der Waals surface area (Å²) < 4.78 is 24.7. The van der Waals surface area contributed by atoms with Crippen LogP contribution in [0.2, 0.25) is 0 Å². The molecule has 0 radical (unpaired) electrons. The van der Waals surface area contributed by atoms with Crippen LogP contribution in [0.5, 0.6) is 0 Å². The topological polar surface area (TPSA) is 64.0 Å². The van der Waals surface area contributed by atoms with Gasteiger partial charge in [0.1, 0.15) is 0 Å². The lowest BCUT2D eigenvalue weighted by atomic mass is 10.2. The number of hydrogen-bond donors (Lipinski definition) is 1. The average molecular weight is 285 g/mol. The van der Waals surface area contributed by atoms with Crippen molar-refractivity contribution in [2.75, 3.05) is 24.6 Å². The molecule has 1 aromatic heterocycles. The van der Waals surface area contributed by atoms with Crippen LogP contribution in [0.1, 0.15) is 37.8 Å². The molecule has 0 spiro atoms. The van der Waals surface area contributed by atoms with Gasteiger partial charge in [0.2, 0.25) is 0 Å². The highest BCUT2D eigenvalue weighted by molar-refractivity contribution is 7.91. The van der Waals surface area contributed by atoms with Crippen molar-refractivity contribution >= 4 is 9.84 Å². The van der Waals surface area contributed by atoms with Gasteiger partial charge in [-0.05, 0) is 44.3 Å². The van der Waals surface area contributed by atoms with Crippen molar-refractivity contribution < 1.29 is 8.42 Å². The summed E-state index contributed by atoms with van der Waals surface area (Å²) in [6.45, 7) is 4.25. The predicted octanol–water partition coefficient (Wildman–Crippen LogP) is 1.17. The maximum Gasteiger partial charge on any atom is 0.152 e. The zero-order chi connectivity index (χ0) is 13.7. The largest absolute Gasteiger partial charge is 0.317 e. The monoisotopic (exact) mass is 285 g/mol. The van der Waals surface area contributed by atoms with E-state index in [1.807, 2.05) is 17.1 Å². The van der Waals surface area contributed by atoms with E-state index in [2.05, 4.69) is 17.3 Å². The number of nitrogens with one attached hydrogen (secondary N) is 1. The fourth-order valence-electron chi connectivity index (χ4n) is 2.41. The number of nitrogens with zero attached hydrogens (tertiary/aromatic N) is 2. The first-order valence-electron chi connectivity index (χ1n) is 7.05. The standard InChI is InChI=1S/C13H23N3O2S/c1-2-6-14-7-3-4-12-9-15-16(10-12)13-5-8-19(17,18)11-13/h9-10,13-14H,2-8,11H2,1H3. The van der Waals surface area contributed by atoms with Gasteiger partial charge in [-0.1, -0.05) is 6.92 Å². The molecule has 1 N–H and O–H groups in total. The molecule has 1 aliphatic heterocycles. The lowest BCUT2D eigenvalue weighted by Crippen LogP contribution is -2.16. The Kier molecular flexibility index (Phi) is 4.99. The quantitative estimate of drug-likeness (QED) is 0.764. The molecule has 5 nitrogen and oxygen atoms in total. The first-order valence-corrected chi connectivity index (χ1v) is 8.87. The molecule has 2 heterocycles. The summed E-state index contributed by atoms with van der Waals surface area (Å²) in [6.07, 6.45) is 7.82. The van der Waals surface area contributed by atoms with Crippen LogP contribution in [-0.2, 0) is 16.3 Å². The molecule has 1 atom stereocenters. The van der Waals surface area contributed by atoms with Gasteiger partial charge < -0.3 is 5.32 Å². The predicted molar refractivity (Wildman–Crippen MR) is 76.0 cm³/mol. The molecule has 0 saturated carbocycles. The third-order valence-electron chi connectivity index (χ3n) is 3.48. The van der Waals surface area contributed by atoms with Gasteiger partial charge in [0.15, 0.2) is 9.84 Å². The fraction of sp³-hybridized carbons (Fsp3) is 0.769. The van der Waals surface area contributed by atoms with Gasteiger partial charge >= 0.3 is 0 Å². The van der Waals surface area contributed by atoms with E-state index in [1.54, 1.807) is 0 Å². The summed E-state index contributed by atoms with van der Waals surface area (Å²) in [4.78, 5) is 0. The molecule has 0 bridgehead atoms. The van der Waals surface area contributed by atoms with Crippen LogP contribution in [-0.4, -0.2) is 42.8 Å². The molecule has 1 aliphatic rings. The molecule has 2 rings (SSSR count). The number of rotatable bonds is 7. The summed E-state index contributed by atoms with van der Waals surface area (Å²) in [5.41, 5.74) is 1.20. The zero-order valence-corrected chi connectivity index (χ0v) is 12.3. The van der Waals surface area contributed by atoms with Crippen LogP contribution >= 0.6 is 0 Å². The van der Waals surface area contributed by atoms with Crippen LogP contribution in [0, 0.1) is 0 Å². The minimum Gasteiger partial charge on any atom is -0.317 e. The van der Waals surface area contributed by atoms with Gasteiger partial charge in [-0.3, -0.25) is 4.68 Å². The van der Waals surface area contributed by atoms with Crippen LogP contribution in [0.3, 0.4) is 0 Å². The number of aromatic nitrogens is 2. The number of aryl methyl sites for hydroxylation is 1. The molecule has 1 fully saturated rings. The molecule has 1 saturated heterocycles. The van der Waals surface area contributed by atoms with Crippen molar-refractivity contribution in [1.29, 1.82) is 0 Å². The zero-order valence-electron chi connectivity index (χ0n) is 11.5. The molecule has 6 heteroatoms. The van der Waals surface area contributed by atoms with Crippen molar-refractivity contribution in [3.05, 3.63) is 18.0 Å². The molecule has 1 unspecified atom stereocenters. The van der Waals surface area contributed by atoms with E-state index in [0.717, 1.165) is 32.4 Å². The highest BCUT2D eigenvalue weighted by Crippen LogP contribution is 2.23. The Bertz CT molecular complexity index is 496. The molecule has 19 heavy (non-hydrogen) atoms. The smallest absolute Gasteiger partial charge is 0.152 e. The average Bonchev–Trinajstić information content (AvgIpc) is 2.95. The summed E-state index contributed by atoms with van der Waals surface area (Å²) >= 11 is 0. The lowest BCUT2D eigenvalue weighted by molar-refractivity contribution is 0.499. The first-order chi connectivity index (χ1) is 9.11. The number of hydrogen-bond acceptors (Lipinski definition) is 4. The molecule has 0 aromatic carbocycles. The van der Waals surface area contributed by atoms with E-state index < -0.39 is 9.84 Å². The summed E-state index contributed by atoms with van der Waals surface area (Å²) in [7, 11) is -2.83. The minimum atomic E-state index is -2.83. The molecule has 0 amide bonds. The third kappa shape index (κ3) is 4.31. The molecular weight excluding hydrogens is 262 g/mol. The Hall–Kier alpha value is -0.880. The maximum atomic E-state index is 11.4. The van der Waals surface area contributed by atoms with Crippen molar-refractivity contribution in [3.8, 4) is 0 Å². The molecular formula is C13H23N3O2S. The Balaban J connectivity index is 1.79. The van der Waals surface area contributed by atoms with Crippen LogP contribution < -0.4 is 5.32 Å². The first kappa shape index (κ1) is 14.5. The van der Waals surface area contributed by atoms with E-state index in [4.69, 9.17) is 0 Å². The van der Waals surface area contributed by atoms with Gasteiger partial charge in [0, 0.05) is 6.20 Å². The Labute approximate surface area is 115 Å². The number of sulfone groups is 1. The van der Waals surface area contributed by atoms with Gasteiger partial charge in [-0.2, -0.15) is 5.10 Å². The van der Waals surface area contributed by atoms with Gasteiger partial charge in [-0.25, -0.2) is 8.42 Å². The van der Waals surface area contributed by atoms with Gasteiger partial charge in [-0.15, -0.1) is 0 Å². The van der Waals surface area contributed by atoms with Crippen molar-refractivity contribution in [3.63, 3.8) is 0 Å². The second-order valence-corrected chi connectivity index (χ2v) is 7.47. The maximum absolute atomic E-state index is 11.4. The second kappa shape index (κ2) is 6.52. The normalized spacial score (nSPS) is 21.8. The minimum absolute atomic E-state index is 0.0389. The van der Waals surface area contributed by atoms with E-state index in [-0.39, 0.29) is 11.8 Å². The SMILES string of the molecule is CCCNCCCc1cnn(C2CCS(=O)(=O)C2)c1. The Morgan fingerprint density at radius 2 is 2.32 bits per heavy atom. The van der Waals surface area contributed by atoms with Crippen LogP contribution in [0.4, 0.5) is 0 Å². The van der Waals surface area contributed by atoms with Crippen molar-refractivity contribution in [1.82, 2.24) is 15.1 Å². The highest BCUT2D eigenvalue weighted by Gasteiger charge is 2.29. The van der Waals surface area contributed by atoms with Gasteiger partial charge in [0.25, 0.3) is 0 Å². The third-order valence-corrected chi connectivity index (χ3v) is 5.23.